The highest BCUT2D eigenvalue weighted by Gasteiger charge is 2.21. The number of nitro benzene ring substituents is 1. The van der Waals surface area contributed by atoms with Crippen LogP contribution in [-0.4, -0.2) is 22.5 Å². The molecule has 0 fully saturated rings. The van der Waals surface area contributed by atoms with Crippen LogP contribution >= 0.6 is 0 Å². The van der Waals surface area contributed by atoms with Gasteiger partial charge in [-0.25, -0.2) is 0 Å². The van der Waals surface area contributed by atoms with Gasteiger partial charge < -0.3 is 4.74 Å². The summed E-state index contributed by atoms with van der Waals surface area (Å²) in [5, 5.41) is 11.4. The first-order chi connectivity index (χ1) is 10.9. The molecule has 1 heterocycles. The molecule has 2 aromatic rings. The van der Waals surface area contributed by atoms with Gasteiger partial charge in [-0.05, 0) is 44.0 Å². The molecule has 0 atom stereocenters. The molecule has 6 nitrogen and oxygen atoms in total. The van der Waals surface area contributed by atoms with Gasteiger partial charge in [-0.1, -0.05) is 6.07 Å². The monoisotopic (exact) mass is 314 g/mol. The van der Waals surface area contributed by atoms with Crippen LogP contribution < -0.4 is 0 Å². The molecule has 0 aliphatic heterocycles. The molecule has 0 N–H and O–H groups in total. The quantitative estimate of drug-likeness (QED) is 0.480. The fourth-order valence-electron chi connectivity index (χ4n) is 2.34. The van der Waals surface area contributed by atoms with E-state index < -0.39 is 10.9 Å². The molecule has 2 rings (SSSR count). The summed E-state index contributed by atoms with van der Waals surface area (Å²) in [6, 6.07) is 6.74. The number of rotatable bonds is 5. The second kappa shape index (κ2) is 7.00. The van der Waals surface area contributed by atoms with Gasteiger partial charge in [0.2, 0.25) is 0 Å². The summed E-state index contributed by atoms with van der Waals surface area (Å²) in [4.78, 5) is 26.9. The molecule has 0 amide bonds. The molecule has 0 aliphatic carbocycles. The van der Waals surface area contributed by atoms with Gasteiger partial charge in [-0.3, -0.25) is 19.9 Å². The molecule has 1 aromatic carbocycles. The van der Waals surface area contributed by atoms with E-state index in [4.69, 9.17) is 4.74 Å². The van der Waals surface area contributed by atoms with Crippen LogP contribution in [0, 0.1) is 24.0 Å². The van der Waals surface area contributed by atoms with Crippen LogP contribution in [0.15, 0.2) is 30.5 Å². The number of nitro groups is 1. The topological polar surface area (TPSA) is 82.3 Å². The van der Waals surface area contributed by atoms with Crippen LogP contribution in [0.1, 0.15) is 23.7 Å². The van der Waals surface area contributed by atoms with Gasteiger partial charge >= 0.3 is 5.97 Å². The molecule has 0 unspecified atom stereocenters. The third-order valence-corrected chi connectivity index (χ3v) is 3.61. The molecular formula is C17H18N2O4. The molecule has 0 radical (unpaired) electrons. The van der Waals surface area contributed by atoms with Crippen molar-refractivity contribution in [3.63, 3.8) is 0 Å². The maximum atomic E-state index is 11.7. The molecule has 0 spiro atoms. The van der Waals surface area contributed by atoms with Gasteiger partial charge in [0.1, 0.15) is 0 Å². The van der Waals surface area contributed by atoms with Crippen LogP contribution in [0.5, 0.6) is 0 Å². The molecule has 6 heteroatoms. The average Bonchev–Trinajstić information content (AvgIpc) is 2.50. The zero-order valence-corrected chi connectivity index (χ0v) is 13.3. The summed E-state index contributed by atoms with van der Waals surface area (Å²) in [5.74, 6) is -0.404. The number of aromatic nitrogens is 1. The van der Waals surface area contributed by atoms with Crippen molar-refractivity contribution in [2.45, 2.75) is 27.2 Å². The van der Waals surface area contributed by atoms with Crippen LogP contribution in [0.4, 0.5) is 5.69 Å². The Morgan fingerprint density at radius 2 is 1.96 bits per heavy atom. The number of benzene rings is 1. The van der Waals surface area contributed by atoms with Crippen molar-refractivity contribution in [3.8, 4) is 11.1 Å². The number of esters is 1. The number of aryl methyl sites for hydroxylation is 2. The van der Waals surface area contributed by atoms with Crippen molar-refractivity contribution in [2.75, 3.05) is 6.61 Å². The van der Waals surface area contributed by atoms with E-state index in [0.29, 0.717) is 16.8 Å². The third kappa shape index (κ3) is 3.71. The Kier molecular flexibility index (Phi) is 5.05. The number of hydrogen-bond acceptors (Lipinski definition) is 5. The SMILES string of the molecule is CCOC(=O)Cc1ncccc1-c1cc(C)c(C)cc1[N+](=O)[O-]. The Balaban J connectivity index is 2.56. The van der Waals surface area contributed by atoms with Crippen molar-refractivity contribution in [2.24, 2.45) is 0 Å². The minimum atomic E-state index is -0.414. The first kappa shape index (κ1) is 16.6. The van der Waals surface area contributed by atoms with Gasteiger partial charge in [0, 0.05) is 17.8 Å². The van der Waals surface area contributed by atoms with Gasteiger partial charge in [0.05, 0.1) is 29.2 Å². The van der Waals surface area contributed by atoms with Crippen LogP contribution in [0.25, 0.3) is 11.1 Å². The lowest BCUT2D eigenvalue weighted by molar-refractivity contribution is -0.384. The van der Waals surface area contributed by atoms with Crippen LogP contribution in [-0.2, 0) is 16.0 Å². The molecule has 0 saturated heterocycles. The van der Waals surface area contributed by atoms with E-state index in [2.05, 4.69) is 4.98 Å². The Morgan fingerprint density at radius 1 is 1.26 bits per heavy atom. The number of carbonyl (C=O) groups excluding carboxylic acids is 1. The van der Waals surface area contributed by atoms with E-state index in [0.717, 1.165) is 11.1 Å². The number of pyridine rings is 1. The zero-order chi connectivity index (χ0) is 17.0. The maximum Gasteiger partial charge on any atom is 0.311 e. The molecule has 23 heavy (non-hydrogen) atoms. The summed E-state index contributed by atoms with van der Waals surface area (Å²) in [7, 11) is 0. The Morgan fingerprint density at radius 3 is 2.61 bits per heavy atom. The Labute approximate surface area is 134 Å². The van der Waals surface area contributed by atoms with E-state index in [9.17, 15) is 14.9 Å². The van der Waals surface area contributed by atoms with Gasteiger partial charge in [-0.2, -0.15) is 0 Å². The lowest BCUT2D eigenvalue weighted by Crippen LogP contribution is -2.10. The summed E-state index contributed by atoms with van der Waals surface area (Å²) >= 11 is 0. The summed E-state index contributed by atoms with van der Waals surface area (Å²) in [6.07, 6.45) is 1.54. The van der Waals surface area contributed by atoms with Gasteiger partial charge in [0.15, 0.2) is 0 Å². The number of nitrogens with zero attached hydrogens (tertiary/aromatic N) is 2. The second-order valence-electron chi connectivity index (χ2n) is 5.19. The second-order valence-corrected chi connectivity index (χ2v) is 5.19. The molecule has 120 valence electrons. The number of hydrogen-bond donors (Lipinski definition) is 0. The summed E-state index contributed by atoms with van der Waals surface area (Å²) < 4.78 is 4.94. The van der Waals surface area contributed by atoms with E-state index in [-0.39, 0.29) is 18.7 Å². The fraction of sp³-hybridized carbons (Fsp3) is 0.294. The Hall–Kier alpha value is -2.76. The predicted octanol–water partition coefficient (Wildman–Crippen LogP) is 3.38. The largest absolute Gasteiger partial charge is 0.466 e. The zero-order valence-electron chi connectivity index (χ0n) is 13.3. The van der Waals surface area contributed by atoms with E-state index >= 15 is 0 Å². The molecule has 1 aromatic heterocycles. The van der Waals surface area contributed by atoms with Crippen LogP contribution in [0.3, 0.4) is 0 Å². The first-order valence-corrected chi connectivity index (χ1v) is 7.29. The van der Waals surface area contributed by atoms with Crippen molar-refractivity contribution in [1.82, 2.24) is 4.98 Å². The maximum absolute atomic E-state index is 11.7. The summed E-state index contributed by atoms with van der Waals surface area (Å²) in [6.45, 7) is 5.73. The fourth-order valence-corrected chi connectivity index (χ4v) is 2.34. The predicted molar refractivity (Wildman–Crippen MR) is 86.1 cm³/mol. The lowest BCUT2D eigenvalue weighted by atomic mass is 9.96. The van der Waals surface area contributed by atoms with Crippen molar-refractivity contribution < 1.29 is 14.5 Å². The molecule has 0 aliphatic rings. The van der Waals surface area contributed by atoms with Crippen LogP contribution in [0.2, 0.25) is 0 Å². The molecule has 0 saturated carbocycles. The minimum absolute atomic E-state index is 0.00575. The van der Waals surface area contributed by atoms with Gasteiger partial charge in [0.25, 0.3) is 5.69 Å². The van der Waals surface area contributed by atoms with Crippen molar-refractivity contribution in [3.05, 3.63) is 57.4 Å². The minimum Gasteiger partial charge on any atom is -0.466 e. The van der Waals surface area contributed by atoms with E-state index in [1.807, 2.05) is 13.8 Å². The molecule has 0 bridgehead atoms. The Bertz CT molecular complexity index is 756. The van der Waals surface area contributed by atoms with E-state index in [1.54, 1.807) is 37.4 Å². The number of carbonyl (C=O) groups is 1. The van der Waals surface area contributed by atoms with Crippen molar-refractivity contribution in [1.29, 1.82) is 0 Å². The highest BCUT2D eigenvalue weighted by molar-refractivity contribution is 5.81. The normalized spacial score (nSPS) is 10.4. The highest BCUT2D eigenvalue weighted by atomic mass is 16.6. The third-order valence-electron chi connectivity index (χ3n) is 3.61. The summed E-state index contributed by atoms with van der Waals surface area (Å²) in [5.41, 5.74) is 3.30. The molecular weight excluding hydrogens is 296 g/mol. The lowest BCUT2D eigenvalue weighted by Gasteiger charge is -2.11. The highest BCUT2D eigenvalue weighted by Crippen LogP contribution is 2.34. The average molecular weight is 314 g/mol. The smallest absolute Gasteiger partial charge is 0.311 e. The van der Waals surface area contributed by atoms with Gasteiger partial charge in [-0.15, -0.1) is 0 Å². The van der Waals surface area contributed by atoms with Crippen molar-refractivity contribution >= 4 is 11.7 Å². The standard InChI is InChI=1S/C17H18N2O4/c1-4-23-17(20)10-15-13(6-5-7-18-15)14-8-11(2)12(3)9-16(14)19(21)22/h5-9H,4,10H2,1-3H3. The van der Waals surface area contributed by atoms with E-state index in [1.165, 1.54) is 0 Å². The first-order valence-electron chi connectivity index (χ1n) is 7.29. The number of ether oxygens (including phenoxy) is 1.